The molecule has 2 rings (SSSR count). The lowest BCUT2D eigenvalue weighted by atomic mass is 9.94. The van der Waals surface area contributed by atoms with Crippen molar-refractivity contribution in [2.75, 3.05) is 18.8 Å². The lowest BCUT2D eigenvalue weighted by Gasteiger charge is -2.28. The lowest BCUT2D eigenvalue weighted by molar-refractivity contribution is 0.374. The Morgan fingerprint density at radius 2 is 2.00 bits per heavy atom. The van der Waals surface area contributed by atoms with Crippen LogP contribution >= 0.6 is 0 Å². The predicted octanol–water partition coefficient (Wildman–Crippen LogP) is 0.458. The van der Waals surface area contributed by atoms with E-state index in [-0.39, 0.29) is 6.04 Å². The first-order valence-corrected chi connectivity index (χ1v) is 7.52. The van der Waals surface area contributed by atoms with E-state index in [1.807, 2.05) is 0 Å². The molecule has 0 aromatic heterocycles. The summed E-state index contributed by atoms with van der Waals surface area (Å²) in [6.45, 7) is 1.89. The fraction of sp³-hybridized carbons (Fsp3) is 1.00. The highest BCUT2D eigenvalue weighted by atomic mass is 32.2. The van der Waals surface area contributed by atoms with E-state index in [2.05, 4.69) is 10.0 Å². The molecule has 0 aromatic rings. The SMILES string of the molecule is O=S(=O)(CC1CCCNC1)NC1CCC1. The van der Waals surface area contributed by atoms with Crippen molar-refractivity contribution in [2.24, 2.45) is 5.92 Å². The maximum absolute atomic E-state index is 11.8. The Labute approximate surface area is 91.9 Å². The quantitative estimate of drug-likeness (QED) is 0.740. The zero-order chi connectivity index (χ0) is 10.7. The second-order valence-corrected chi connectivity index (χ2v) is 6.54. The number of piperidine rings is 1. The molecule has 1 saturated heterocycles. The maximum atomic E-state index is 11.8. The Bertz CT molecular complexity index is 293. The molecule has 0 amide bonds. The van der Waals surface area contributed by atoms with Crippen LogP contribution in [0.1, 0.15) is 32.1 Å². The Morgan fingerprint density at radius 1 is 1.20 bits per heavy atom. The molecule has 1 atom stereocenters. The second kappa shape index (κ2) is 4.80. The van der Waals surface area contributed by atoms with Crippen molar-refractivity contribution >= 4 is 10.0 Å². The molecule has 1 aliphatic carbocycles. The molecule has 0 radical (unpaired) electrons. The van der Waals surface area contributed by atoms with Gasteiger partial charge >= 0.3 is 0 Å². The van der Waals surface area contributed by atoms with E-state index in [1.165, 1.54) is 0 Å². The van der Waals surface area contributed by atoms with Gasteiger partial charge in [0.05, 0.1) is 5.75 Å². The van der Waals surface area contributed by atoms with E-state index >= 15 is 0 Å². The van der Waals surface area contributed by atoms with Gasteiger partial charge in [-0.1, -0.05) is 6.42 Å². The maximum Gasteiger partial charge on any atom is 0.212 e. The third-order valence-electron chi connectivity index (χ3n) is 3.31. The Kier molecular flexibility index (Phi) is 3.64. The molecule has 5 heteroatoms. The number of nitrogens with one attached hydrogen (secondary N) is 2. The van der Waals surface area contributed by atoms with Crippen molar-refractivity contribution < 1.29 is 8.42 Å². The van der Waals surface area contributed by atoms with E-state index < -0.39 is 10.0 Å². The molecule has 88 valence electrons. The molecule has 1 unspecified atom stereocenters. The molecule has 2 N–H and O–H groups in total. The molecule has 0 spiro atoms. The molecule has 1 heterocycles. The van der Waals surface area contributed by atoms with Gasteiger partial charge in [-0.3, -0.25) is 0 Å². The minimum Gasteiger partial charge on any atom is -0.316 e. The summed E-state index contributed by atoms with van der Waals surface area (Å²) in [7, 11) is -3.03. The van der Waals surface area contributed by atoms with Crippen molar-refractivity contribution in [1.82, 2.24) is 10.0 Å². The summed E-state index contributed by atoms with van der Waals surface area (Å²) in [5.41, 5.74) is 0. The van der Waals surface area contributed by atoms with Crippen LogP contribution in [0.4, 0.5) is 0 Å². The van der Waals surface area contributed by atoms with Crippen molar-refractivity contribution in [3.63, 3.8) is 0 Å². The summed E-state index contributed by atoms with van der Waals surface area (Å²) in [4.78, 5) is 0. The van der Waals surface area contributed by atoms with Gasteiger partial charge in [0.15, 0.2) is 0 Å². The highest BCUT2D eigenvalue weighted by molar-refractivity contribution is 7.89. The Hall–Kier alpha value is -0.130. The highest BCUT2D eigenvalue weighted by Gasteiger charge is 2.26. The molecular formula is C10H20N2O2S. The zero-order valence-corrected chi connectivity index (χ0v) is 9.85. The lowest BCUT2D eigenvalue weighted by Crippen LogP contribution is -2.43. The van der Waals surface area contributed by atoms with Gasteiger partial charge in [0.25, 0.3) is 0 Å². The number of hydrogen-bond donors (Lipinski definition) is 2. The van der Waals surface area contributed by atoms with Crippen LogP contribution in [-0.4, -0.2) is 33.3 Å². The summed E-state index contributed by atoms with van der Waals surface area (Å²) in [5, 5.41) is 3.25. The van der Waals surface area contributed by atoms with E-state index in [1.54, 1.807) is 0 Å². The summed E-state index contributed by atoms with van der Waals surface area (Å²) >= 11 is 0. The number of hydrogen-bond acceptors (Lipinski definition) is 3. The van der Waals surface area contributed by atoms with Crippen LogP contribution in [0.5, 0.6) is 0 Å². The first-order chi connectivity index (χ1) is 7.16. The van der Waals surface area contributed by atoms with Gasteiger partial charge in [-0.15, -0.1) is 0 Å². The molecule has 1 aliphatic heterocycles. The van der Waals surface area contributed by atoms with Crippen LogP contribution in [0.2, 0.25) is 0 Å². The summed E-state index contributed by atoms with van der Waals surface area (Å²) in [5.74, 6) is 0.604. The smallest absolute Gasteiger partial charge is 0.212 e. The average molecular weight is 232 g/mol. The zero-order valence-electron chi connectivity index (χ0n) is 9.04. The van der Waals surface area contributed by atoms with Crippen LogP contribution in [0.25, 0.3) is 0 Å². The van der Waals surface area contributed by atoms with E-state index in [0.29, 0.717) is 11.7 Å². The summed E-state index contributed by atoms with van der Waals surface area (Å²) < 4.78 is 26.3. The van der Waals surface area contributed by atoms with Crippen molar-refractivity contribution in [3.05, 3.63) is 0 Å². The fourth-order valence-corrected chi connectivity index (χ4v) is 3.95. The van der Waals surface area contributed by atoms with Gasteiger partial charge < -0.3 is 5.32 Å². The van der Waals surface area contributed by atoms with Gasteiger partial charge in [-0.2, -0.15) is 0 Å². The van der Waals surface area contributed by atoms with Gasteiger partial charge in [0.1, 0.15) is 0 Å². The van der Waals surface area contributed by atoms with E-state index in [9.17, 15) is 8.42 Å². The standard InChI is InChI=1S/C10H20N2O2S/c13-15(14,12-10-4-1-5-10)8-9-3-2-6-11-7-9/h9-12H,1-8H2. The third kappa shape index (κ3) is 3.43. The number of sulfonamides is 1. The minimum atomic E-state index is -3.03. The van der Waals surface area contributed by atoms with Gasteiger partial charge in [-0.25, -0.2) is 13.1 Å². The largest absolute Gasteiger partial charge is 0.316 e. The monoisotopic (exact) mass is 232 g/mol. The van der Waals surface area contributed by atoms with Gasteiger partial charge in [0, 0.05) is 6.04 Å². The predicted molar refractivity (Wildman–Crippen MR) is 60.2 cm³/mol. The Balaban J connectivity index is 1.80. The van der Waals surface area contributed by atoms with Crippen molar-refractivity contribution in [3.8, 4) is 0 Å². The molecule has 1 saturated carbocycles. The number of rotatable bonds is 4. The first-order valence-electron chi connectivity index (χ1n) is 5.86. The molecule has 2 fully saturated rings. The molecule has 15 heavy (non-hydrogen) atoms. The van der Waals surface area contributed by atoms with Crippen LogP contribution in [0.3, 0.4) is 0 Å². The molecule has 4 nitrogen and oxygen atoms in total. The van der Waals surface area contributed by atoms with E-state index in [0.717, 1.165) is 45.2 Å². The van der Waals surface area contributed by atoms with Crippen LogP contribution < -0.4 is 10.0 Å². The van der Waals surface area contributed by atoms with Crippen molar-refractivity contribution in [2.45, 2.75) is 38.1 Å². The van der Waals surface area contributed by atoms with Crippen LogP contribution in [-0.2, 0) is 10.0 Å². The molecule has 0 bridgehead atoms. The normalized spacial score (nSPS) is 28.7. The Morgan fingerprint density at radius 3 is 2.53 bits per heavy atom. The highest BCUT2D eigenvalue weighted by Crippen LogP contribution is 2.20. The molecule has 0 aromatic carbocycles. The van der Waals surface area contributed by atoms with Gasteiger partial charge in [-0.05, 0) is 44.7 Å². The first kappa shape index (κ1) is 11.4. The minimum absolute atomic E-state index is 0.228. The summed E-state index contributed by atoms with van der Waals surface area (Å²) in [6, 6.07) is 0.228. The van der Waals surface area contributed by atoms with Crippen molar-refractivity contribution in [1.29, 1.82) is 0 Å². The second-order valence-electron chi connectivity index (χ2n) is 4.74. The summed E-state index contributed by atoms with van der Waals surface area (Å²) in [6.07, 6.45) is 5.34. The van der Waals surface area contributed by atoms with Gasteiger partial charge in [0.2, 0.25) is 10.0 Å². The fourth-order valence-electron chi connectivity index (χ4n) is 2.20. The van der Waals surface area contributed by atoms with Crippen LogP contribution in [0.15, 0.2) is 0 Å². The van der Waals surface area contributed by atoms with E-state index in [4.69, 9.17) is 0 Å². The van der Waals surface area contributed by atoms with Crippen LogP contribution in [0, 0.1) is 5.92 Å². The third-order valence-corrected chi connectivity index (χ3v) is 4.91. The molecule has 2 aliphatic rings. The molecular weight excluding hydrogens is 212 g/mol. The topological polar surface area (TPSA) is 58.2 Å². The average Bonchev–Trinajstić information content (AvgIpc) is 2.13.